The molecule has 0 heterocycles. The van der Waals surface area contributed by atoms with Crippen molar-refractivity contribution in [2.24, 2.45) is 5.92 Å². The fourth-order valence-corrected chi connectivity index (χ4v) is 2.44. The van der Waals surface area contributed by atoms with Crippen LogP contribution in [0.5, 0.6) is 0 Å². The van der Waals surface area contributed by atoms with E-state index >= 15 is 0 Å². The van der Waals surface area contributed by atoms with E-state index in [1.165, 1.54) is 18.9 Å². The van der Waals surface area contributed by atoms with Gasteiger partial charge in [-0.25, -0.2) is 9.59 Å². The second-order valence-electron chi connectivity index (χ2n) is 7.30. The lowest BCUT2D eigenvalue weighted by Gasteiger charge is -2.14. The average molecular weight is 427 g/mol. The minimum Gasteiger partial charge on any atom is -0.462 e. The fourth-order valence-electron chi connectivity index (χ4n) is 2.44. The van der Waals surface area contributed by atoms with Crippen molar-refractivity contribution in [2.75, 3.05) is 13.2 Å². The van der Waals surface area contributed by atoms with Crippen LogP contribution in [-0.2, 0) is 19.1 Å². The van der Waals surface area contributed by atoms with Crippen LogP contribution in [-0.4, -0.2) is 25.2 Å². The maximum Gasteiger partial charge on any atom is 0.333 e. The molecule has 0 N–H and O–H groups in total. The Balaban J connectivity index is 0.000000842. The van der Waals surface area contributed by atoms with Crippen molar-refractivity contribution >= 4 is 18.0 Å². The number of hydrogen-bond donors (Lipinski definition) is 0. The summed E-state index contributed by atoms with van der Waals surface area (Å²) in [5.41, 5.74) is 2.05. The molecule has 0 aliphatic rings. The lowest BCUT2D eigenvalue weighted by molar-refractivity contribution is -0.140. The monoisotopic (exact) mass is 426 g/mol. The maximum absolute atomic E-state index is 11.9. The van der Waals surface area contributed by atoms with Crippen LogP contribution in [0, 0.1) is 5.92 Å². The van der Waals surface area contributed by atoms with E-state index in [-0.39, 0.29) is 18.5 Å². The first-order valence-corrected chi connectivity index (χ1v) is 10.9. The number of carbonyl (C=O) groups excluding carboxylic acids is 2. The molecule has 4 heteroatoms. The van der Waals surface area contributed by atoms with Crippen LogP contribution < -0.4 is 0 Å². The van der Waals surface area contributed by atoms with E-state index in [0.717, 1.165) is 18.4 Å². The van der Waals surface area contributed by atoms with Crippen molar-refractivity contribution in [2.45, 2.75) is 52.9 Å². The zero-order valence-corrected chi connectivity index (χ0v) is 19.4. The molecular weight excluding hydrogens is 388 g/mol. The Morgan fingerprint density at radius 3 is 2.29 bits per heavy atom. The Labute approximate surface area is 188 Å². The fraction of sp³-hybridized carbons (Fsp3) is 0.407. The zero-order valence-electron chi connectivity index (χ0n) is 19.4. The van der Waals surface area contributed by atoms with Crippen molar-refractivity contribution in [1.82, 2.24) is 0 Å². The lowest BCUT2D eigenvalue weighted by Crippen LogP contribution is -2.14. The number of hydrogen-bond acceptors (Lipinski definition) is 4. The van der Waals surface area contributed by atoms with Crippen molar-refractivity contribution in [1.29, 1.82) is 0 Å². The summed E-state index contributed by atoms with van der Waals surface area (Å²) < 4.78 is 9.98. The number of rotatable bonds is 13. The SMILES string of the molecule is C=C(CC=Cc1ccccc1)C(=O)OCC(CC)CCCC.C=CCOC(=O)C(=C)C. The van der Waals surface area contributed by atoms with Gasteiger partial charge in [0, 0.05) is 11.1 Å². The quantitative estimate of drug-likeness (QED) is 0.200. The summed E-state index contributed by atoms with van der Waals surface area (Å²) in [7, 11) is 0. The molecule has 170 valence electrons. The topological polar surface area (TPSA) is 52.6 Å². The number of benzene rings is 1. The molecule has 0 fully saturated rings. The molecule has 1 aromatic carbocycles. The average Bonchev–Trinajstić information content (AvgIpc) is 2.78. The zero-order chi connectivity index (χ0) is 23.5. The van der Waals surface area contributed by atoms with Crippen LogP contribution in [0.15, 0.2) is 73.4 Å². The Morgan fingerprint density at radius 1 is 1.06 bits per heavy atom. The van der Waals surface area contributed by atoms with Gasteiger partial charge in [0.05, 0.1) is 6.61 Å². The predicted octanol–water partition coefficient (Wildman–Crippen LogP) is 6.70. The van der Waals surface area contributed by atoms with E-state index in [1.54, 1.807) is 6.92 Å². The van der Waals surface area contributed by atoms with Gasteiger partial charge >= 0.3 is 11.9 Å². The van der Waals surface area contributed by atoms with Gasteiger partial charge in [0.2, 0.25) is 0 Å². The highest BCUT2D eigenvalue weighted by molar-refractivity contribution is 5.88. The molecule has 0 amide bonds. The van der Waals surface area contributed by atoms with Crippen molar-refractivity contribution in [3.63, 3.8) is 0 Å². The molecule has 0 saturated heterocycles. The van der Waals surface area contributed by atoms with Crippen LogP contribution in [0.4, 0.5) is 0 Å². The second kappa shape index (κ2) is 17.9. The van der Waals surface area contributed by atoms with Gasteiger partial charge in [-0.15, -0.1) is 0 Å². The molecule has 0 radical (unpaired) electrons. The molecule has 4 nitrogen and oxygen atoms in total. The van der Waals surface area contributed by atoms with Gasteiger partial charge in [0.15, 0.2) is 0 Å². The second-order valence-corrected chi connectivity index (χ2v) is 7.30. The summed E-state index contributed by atoms with van der Waals surface area (Å²) in [4.78, 5) is 22.5. The van der Waals surface area contributed by atoms with Crippen LogP contribution in [0.25, 0.3) is 6.08 Å². The van der Waals surface area contributed by atoms with Crippen LogP contribution in [0.2, 0.25) is 0 Å². The highest BCUT2D eigenvalue weighted by Crippen LogP contribution is 2.14. The molecule has 0 spiro atoms. The van der Waals surface area contributed by atoms with E-state index in [1.807, 2.05) is 42.5 Å². The van der Waals surface area contributed by atoms with Gasteiger partial charge in [-0.1, -0.05) is 101 Å². The predicted molar refractivity (Wildman–Crippen MR) is 129 cm³/mol. The highest BCUT2D eigenvalue weighted by Gasteiger charge is 2.11. The van der Waals surface area contributed by atoms with Crippen LogP contribution in [0.1, 0.15) is 58.4 Å². The molecule has 0 aliphatic carbocycles. The molecule has 1 rings (SSSR count). The molecule has 0 saturated carbocycles. The molecule has 31 heavy (non-hydrogen) atoms. The molecule has 1 atom stereocenters. The Kier molecular flexibility index (Phi) is 16.3. The minimum absolute atomic E-state index is 0.256. The Morgan fingerprint density at radius 2 is 1.74 bits per heavy atom. The van der Waals surface area contributed by atoms with Gasteiger partial charge in [0.1, 0.15) is 6.61 Å². The first-order valence-electron chi connectivity index (χ1n) is 10.9. The Bertz CT molecular complexity index is 716. The first kappa shape index (κ1) is 28.1. The van der Waals surface area contributed by atoms with Gasteiger partial charge in [-0.3, -0.25) is 0 Å². The summed E-state index contributed by atoms with van der Waals surface area (Å²) >= 11 is 0. The first-order chi connectivity index (χ1) is 14.8. The Hall–Kier alpha value is -2.88. The smallest absolute Gasteiger partial charge is 0.333 e. The maximum atomic E-state index is 11.9. The van der Waals surface area contributed by atoms with Gasteiger partial charge < -0.3 is 9.47 Å². The van der Waals surface area contributed by atoms with E-state index in [2.05, 4.69) is 38.3 Å². The number of esters is 2. The molecule has 1 aromatic rings. The molecule has 0 bridgehead atoms. The summed E-state index contributed by atoms with van der Waals surface area (Å²) in [6, 6.07) is 10.0. The normalized spacial score (nSPS) is 11.1. The molecular formula is C27H38O4. The van der Waals surface area contributed by atoms with Gasteiger partial charge in [-0.05, 0) is 31.2 Å². The van der Waals surface area contributed by atoms with Crippen molar-refractivity contribution in [3.8, 4) is 0 Å². The standard InChI is InChI=1S/C20H28O2.C7H10O2/c1-4-6-12-18(5-2)16-22-20(21)17(3)11-10-15-19-13-8-7-9-14-19;1-4-5-9-7(8)6(2)3/h7-10,13-15,18H,3-6,11-12,16H2,1-2H3;4H,1-2,5H2,3H3. The third-order valence-electron chi connectivity index (χ3n) is 4.44. The molecule has 0 aliphatic heterocycles. The molecule has 1 unspecified atom stereocenters. The van der Waals surface area contributed by atoms with Crippen LogP contribution in [0.3, 0.4) is 0 Å². The third-order valence-corrected chi connectivity index (χ3v) is 4.44. The number of unbranched alkanes of at least 4 members (excludes halogenated alkanes) is 1. The highest BCUT2D eigenvalue weighted by atomic mass is 16.5. The minimum atomic E-state index is -0.366. The van der Waals surface area contributed by atoms with Gasteiger partial charge in [-0.2, -0.15) is 0 Å². The van der Waals surface area contributed by atoms with E-state index in [0.29, 0.717) is 30.1 Å². The summed E-state index contributed by atoms with van der Waals surface area (Å²) in [6.45, 7) is 17.3. The number of carbonyl (C=O) groups is 2. The molecule has 0 aromatic heterocycles. The summed E-state index contributed by atoms with van der Waals surface area (Å²) in [5, 5.41) is 0. The largest absolute Gasteiger partial charge is 0.462 e. The summed E-state index contributed by atoms with van der Waals surface area (Å²) in [6.07, 6.45) is 10.5. The van der Waals surface area contributed by atoms with Gasteiger partial charge in [0.25, 0.3) is 0 Å². The van der Waals surface area contributed by atoms with E-state index < -0.39 is 0 Å². The number of ether oxygens (including phenoxy) is 2. The van der Waals surface area contributed by atoms with Crippen LogP contribution >= 0.6 is 0 Å². The van der Waals surface area contributed by atoms with Crippen molar-refractivity contribution in [3.05, 3.63) is 78.9 Å². The van der Waals surface area contributed by atoms with Crippen molar-refractivity contribution < 1.29 is 19.1 Å². The van der Waals surface area contributed by atoms with E-state index in [4.69, 9.17) is 4.74 Å². The lowest BCUT2D eigenvalue weighted by atomic mass is 10.0. The third kappa shape index (κ3) is 14.7. The number of allylic oxidation sites excluding steroid dienone is 1. The van der Waals surface area contributed by atoms with E-state index in [9.17, 15) is 9.59 Å². The summed E-state index contributed by atoms with van der Waals surface area (Å²) in [5.74, 6) is -0.167.